The van der Waals surface area contributed by atoms with Crippen LogP contribution in [0.25, 0.3) is 0 Å². The molecule has 0 aromatic heterocycles. The fraction of sp³-hybridized carbons (Fsp3) is 0.318. The summed E-state index contributed by atoms with van der Waals surface area (Å²) >= 11 is 5.81. The van der Waals surface area contributed by atoms with Gasteiger partial charge in [0.2, 0.25) is 5.60 Å². The summed E-state index contributed by atoms with van der Waals surface area (Å²) in [5.41, 5.74) is 0.177. The first-order chi connectivity index (χ1) is 15.7. The number of rotatable bonds is 5. The molecule has 0 spiro atoms. The average molecular weight is 478 g/mol. The molecule has 1 fully saturated rings. The van der Waals surface area contributed by atoms with Crippen LogP contribution in [0.4, 0.5) is 20.6 Å². The lowest BCUT2D eigenvalue weighted by atomic mass is 10.0. The van der Waals surface area contributed by atoms with Crippen LogP contribution in [0, 0.1) is 5.82 Å². The van der Waals surface area contributed by atoms with E-state index in [1.54, 1.807) is 18.2 Å². The van der Waals surface area contributed by atoms with Gasteiger partial charge in [0.05, 0.1) is 19.3 Å². The summed E-state index contributed by atoms with van der Waals surface area (Å²) < 4.78 is 18.0. The minimum atomic E-state index is -2.24. The number of benzene rings is 2. The molecule has 1 saturated heterocycles. The number of aliphatic hydroxyl groups is 1. The van der Waals surface area contributed by atoms with E-state index >= 15 is 0 Å². The molecule has 2 N–H and O–H groups in total. The fourth-order valence-electron chi connectivity index (χ4n) is 3.95. The van der Waals surface area contributed by atoms with Gasteiger partial charge >= 0.3 is 6.16 Å². The standard InChI is InChI=1S/C22H21ClFN3O6/c1-32-21(30)33-27-6-4-14-10-17(2-3-18(14)27)26-7-5-22(31,20(26)29)19(28)25-12-13-8-15(23)11-16(24)9-13/h2-3,8-11,31H,4-7,12H2,1H3,(H,25,28). The highest BCUT2D eigenvalue weighted by Crippen LogP contribution is 2.35. The van der Waals surface area contributed by atoms with Crippen LogP contribution in [-0.4, -0.2) is 48.9 Å². The van der Waals surface area contributed by atoms with Crippen molar-refractivity contribution >= 4 is 40.9 Å². The van der Waals surface area contributed by atoms with Crippen molar-refractivity contribution in [2.75, 3.05) is 30.2 Å². The number of carbonyl (C=O) groups excluding carboxylic acids is 3. The highest BCUT2D eigenvalue weighted by Gasteiger charge is 2.51. The van der Waals surface area contributed by atoms with Gasteiger partial charge in [0.25, 0.3) is 11.8 Å². The van der Waals surface area contributed by atoms with Crippen LogP contribution in [-0.2, 0) is 32.1 Å². The second kappa shape index (κ2) is 8.87. The van der Waals surface area contributed by atoms with Crippen LogP contribution in [0.1, 0.15) is 17.5 Å². The lowest BCUT2D eigenvalue weighted by molar-refractivity contribution is -0.149. The SMILES string of the molecule is COC(=O)ON1CCc2cc(N3CCC(O)(C(=O)NCc4cc(F)cc(Cl)c4)C3=O)ccc21. The van der Waals surface area contributed by atoms with Gasteiger partial charge in [-0.2, -0.15) is 0 Å². The predicted molar refractivity (Wildman–Crippen MR) is 116 cm³/mol. The Morgan fingerprint density at radius 3 is 2.76 bits per heavy atom. The molecule has 9 nitrogen and oxygen atoms in total. The Morgan fingerprint density at radius 2 is 2.03 bits per heavy atom. The molecule has 0 radical (unpaired) electrons. The summed E-state index contributed by atoms with van der Waals surface area (Å²) in [7, 11) is 1.21. The summed E-state index contributed by atoms with van der Waals surface area (Å²) in [6.07, 6.45) is -0.363. The van der Waals surface area contributed by atoms with Crippen LogP contribution in [0.3, 0.4) is 0 Å². The van der Waals surface area contributed by atoms with Crippen LogP contribution in [0.15, 0.2) is 36.4 Å². The minimum Gasteiger partial charge on any atom is -0.436 e. The first kappa shape index (κ1) is 22.8. The van der Waals surface area contributed by atoms with Gasteiger partial charge in [-0.15, -0.1) is 0 Å². The predicted octanol–water partition coefficient (Wildman–Crippen LogP) is 2.32. The molecule has 2 aliphatic heterocycles. The van der Waals surface area contributed by atoms with Crippen molar-refractivity contribution in [1.29, 1.82) is 0 Å². The van der Waals surface area contributed by atoms with E-state index in [-0.39, 0.29) is 24.5 Å². The number of carbonyl (C=O) groups is 3. The van der Waals surface area contributed by atoms with Gasteiger partial charge in [0.15, 0.2) is 0 Å². The molecule has 2 amide bonds. The van der Waals surface area contributed by atoms with E-state index in [2.05, 4.69) is 10.1 Å². The molecule has 2 aromatic rings. The molecule has 0 aliphatic carbocycles. The smallest absolute Gasteiger partial charge is 0.436 e. The number of halogens is 2. The number of hydrogen-bond acceptors (Lipinski definition) is 7. The number of nitrogens with zero attached hydrogens (tertiary/aromatic N) is 2. The zero-order chi connectivity index (χ0) is 23.8. The minimum absolute atomic E-state index is 0.0965. The van der Waals surface area contributed by atoms with Crippen molar-refractivity contribution in [3.63, 3.8) is 0 Å². The van der Waals surface area contributed by atoms with Crippen LogP contribution >= 0.6 is 11.6 Å². The van der Waals surface area contributed by atoms with Crippen molar-refractivity contribution in [1.82, 2.24) is 5.32 Å². The third kappa shape index (κ3) is 4.44. The molecule has 1 unspecified atom stereocenters. The van der Waals surface area contributed by atoms with Crippen molar-refractivity contribution in [2.24, 2.45) is 0 Å². The van der Waals surface area contributed by atoms with E-state index < -0.39 is 29.4 Å². The number of hydrogen-bond donors (Lipinski definition) is 2. The monoisotopic (exact) mass is 477 g/mol. The topological polar surface area (TPSA) is 108 Å². The van der Waals surface area contributed by atoms with E-state index in [4.69, 9.17) is 16.4 Å². The molecular weight excluding hydrogens is 457 g/mol. The summed E-state index contributed by atoms with van der Waals surface area (Å²) in [6, 6.07) is 8.92. The number of hydroxylamine groups is 1. The maximum Gasteiger partial charge on any atom is 0.533 e. The van der Waals surface area contributed by atoms with Crippen LogP contribution < -0.4 is 15.3 Å². The number of methoxy groups -OCH3 is 1. The second-order valence-corrected chi connectivity index (χ2v) is 8.17. The Labute approximate surface area is 193 Å². The summed E-state index contributed by atoms with van der Waals surface area (Å²) in [5, 5.41) is 14.9. The Balaban J connectivity index is 1.45. The van der Waals surface area contributed by atoms with Crippen LogP contribution in [0.2, 0.25) is 5.02 Å². The molecule has 0 bridgehead atoms. The number of nitrogens with one attached hydrogen (secondary N) is 1. The Bertz CT molecular complexity index is 1110. The first-order valence-electron chi connectivity index (χ1n) is 10.2. The Morgan fingerprint density at radius 1 is 1.24 bits per heavy atom. The molecule has 2 heterocycles. The van der Waals surface area contributed by atoms with Crippen molar-refractivity contribution in [3.8, 4) is 0 Å². The number of ether oxygens (including phenoxy) is 1. The molecule has 1 atom stereocenters. The molecule has 33 heavy (non-hydrogen) atoms. The summed E-state index contributed by atoms with van der Waals surface area (Å²) in [6.45, 7) is 0.467. The lowest BCUT2D eigenvalue weighted by Gasteiger charge is -2.22. The quantitative estimate of drug-likeness (QED) is 0.502. The molecule has 2 aromatic carbocycles. The van der Waals surface area contributed by atoms with Gasteiger partial charge in [-0.1, -0.05) is 11.6 Å². The van der Waals surface area contributed by atoms with E-state index in [9.17, 15) is 23.9 Å². The number of amides is 2. The fourth-order valence-corrected chi connectivity index (χ4v) is 4.20. The third-order valence-corrected chi connectivity index (χ3v) is 5.84. The number of fused-ring (bicyclic) bond motifs is 1. The van der Waals surface area contributed by atoms with Gasteiger partial charge in [-0.3, -0.25) is 9.59 Å². The molecule has 174 valence electrons. The largest absolute Gasteiger partial charge is 0.533 e. The first-order valence-corrected chi connectivity index (χ1v) is 10.5. The van der Waals surface area contributed by atoms with E-state index in [0.717, 1.165) is 11.6 Å². The van der Waals surface area contributed by atoms with Crippen LogP contribution in [0.5, 0.6) is 0 Å². The van der Waals surface area contributed by atoms with Crippen molar-refractivity contribution in [2.45, 2.75) is 25.0 Å². The summed E-state index contributed by atoms with van der Waals surface area (Å²) in [4.78, 5) is 43.4. The Kier molecular flexibility index (Phi) is 6.13. The van der Waals surface area contributed by atoms with E-state index in [1.807, 2.05) is 0 Å². The highest BCUT2D eigenvalue weighted by atomic mass is 35.5. The second-order valence-electron chi connectivity index (χ2n) is 7.74. The number of anilines is 2. The Hall–Kier alpha value is -3.37. The summed E-state index contributed by atoms with van der Waals surface area (Å²) in [5.74, 6) is -2.17. The normalized spacial score (nSPS) is 19.5. The zero-order valence-corrected chi connectivity index (χ0v) is 18.4. The lowest BCUT2D eigenvalue weighted by Crippen LogP contribution is -2.52. The van der Waals surface area contributed by atoms with Gasteiger partial charge in [0.1, 0.15) is 5.82 Å². The maximum absolute atomic E-state index is 13.5. The van der Waals surface area contributed by atoms with Crippen molar-refractivity contribution < 1.29 is 33.5 Å². The zero-order valence-electron chi connectivity index (χ0n) is 17.6. The van der Waals surface area contributed by atoms with Gasteiger partial charge in [-0.05, 0) is 53.9 Å². The molecule has 4 rings (SSSR count). The highest BCUT2D eigenvalue weighted by molar-refractivity contribution is 6.30. The van der Waals surface area contributed by atoms with E-state index in [0.29, 0.717) is 29.9 Å². The van der Waals surface area contributed by atoms with E-state index in [1.165, 1.54) is 29.2 Å². The van der Waals surface area contributed by atoms with Gasteiger partial charge in [0, 0.05) is 30.2 Å². The van der Waals surface area contributed by atoms with Gasteiger partial charge < -0.3 is 24.9 Å². The van der Waals surface area contributed by atoms with Crippen molar-refractivity contribution in [3.05, 3.63) is 58.4 Å². The molecule has 2 aliphatic rings. The average Bonchev–Trinajstić information content (AvgIpc) is 3.32. The molecular formula is C22H21ClFN3O6. The molecule has 0 saturated carbocycles. The molecule has 11 heteroatoms. The maximum atomic E-state index is 13.5. The third-order valence-electron chi connectivity index (χ3n) is 5.63. The van der Waals surface area contributed by atoms with Gasteiger partial charge in [-0.25, -0.2) is 14.2 Å².